The molecule has 0 saturated heterocycles. The van der Waals surface area contributed by atoms with Gasteiger partial charge in [0.1, 0.15) is 0 Å². The fraction of sp³-hybridized carbons (Fsp3) is 0.333. The van der Waals surface area contributed by atoms with Gasteiger partial charge in [-0.2, -0.15) is 10.2 Å². The van der Waals surface area contributed by atoms with Crippen LogP contribution in [-0.2, 0) is 18.3 Å². The molecule has 0 saturated carbocycles. The second kappa shape index (κ2) is 9.62. The molecule has 9 heteroatoms. The van der Waals surface area contributed by atoms with Gasteiger partial charge in [-0.25, -0.2) is 9.97 Å². The average Bonchev–Trinajstić information content (AvgIpc) is 3.42. The van der Waals surface area contributed by atoms with Crippen LogP contribution in [-0.4, -0.2) is 53.2 Å². The predicted molar refractivity (Wildman–Crippen MR) is 126 cm³/mol. The minimum atomic E-state index is -1.02. The van der Waals surface area contributed by atoms with Crippen LogP contribution in [0.3, 0.4) is 0 Å². The number of benzene rings is 1. The van der Waals surface area contributed by atoms with Gasteiger partial charge in [-0.15, -0.1) is 0 Å². The fourth-order valence-corrected chi connectivity index (χ4v) is 3.35. The Hall–Kier alpha value is -3.40. The lowest BCUT2D eigenvalue weighted by Crippen LogP contribution is -2.39. The molecular weight excluding hydrogens is 418 g/mol. The van der Waals surface area contributed by atoms with Crippen LogP contribution in [0.1, 0.15) is 20.8 Å². The van der Waals surface area contributed by atoms with Crippen molar-refractivity contribution < 1.29 is 9.84 Å². The monoisotopic (exact) mass is 447 g/mol. The van der Waals surface area contributed by atoms with Gasteiger partial charge in [0.2, 0.25) is 6.41 Å². The Labute approximate surface area is 193 Å². The van der Waals surface area contributed by atoms with Crippen molar-refractivity contribution in [3.8, 4) is 33.6 Å². The summed E-state index contributed by atoms with van der Waals surface area (Å²) in [5, 5.41) is 21.4. The lowest BCUT2D eigenvalue weighted by Gasteiger charge is -2.24. The lowest BCUT2D eigenvalue weighted by atomic mass is 10.1. The van der Waals surface area contributed by atoms with Crippen molar-refractivity contribution in [3.63, 3.8) is 0 Å². The summed E-state index contributed by atoms with van der Waals surface area (Å²) in [5.74, 6) is 0.661. The molecule has 2 N–H and O–H groups in total. The quantitative estimate of drug-likeness (QED) is 0.400. The zero-order valence-corrected chi connectivity index (χ0v) is 19.3. The highest BCUT2D eigenvalue weighted by Gasteiger charge is 2.15. The van der Waals surface area contributed by atoms with Crippen molar-refractivity contribution in [1.82, 2.24) is 34.8 Å². The summed E-state index contributed by atoms with van der Waals surface area (Å²) in [6, 6.07) is 8.11. The highest BCUT2D eigenvalue weighted by Crippen LogP contribution is 2.25. The number of aliphatic hydroxyl groups is 1. The lowest BCUT2D eigenvalue weighted by molar-refractivity contribution is -0.181. The minimum absolute atomic E-state index is 0.419. The second-order valence-electron chi connectivity index (χ2n) is 8.81. The van der Waals surface area contributed by atoms with E-state index in [4.69, 9.17) is 4.74 Å². The van der Waals surface area contributed by atoms with E-state index in [9.17, 15) is 5.11 Å². The van der Waals surface area contributed by atoms with Gasteiger partial charge in [0.15, 0.2) is 5.82 Å². The first-order chi connectivity index (χ1) is 15.8. The summed E-state index contributed by atoms with van der Waals surface area (Å²) in [6.45, 7) is 6.78. The first kappa shape index (κ1) is 22.8. The van der Waals surface area contributed by atoms with Crippen LogP contribution < -0.4 is 5.32 Å². The van der Waals surface area contributed by atoms with Gasteiger partial charge in [0.25, 0.3) is 0 Å². The largest absolute Gasteiger partial charge is 0.356 e. The first-order valence-corrected chi connectivity index (χ1v) is 10.8. The summed E-state index contributed by atoms with van der Waals surface area (Å²) in [7, 11) is 1.90. The number of hydrogen-bond donors (Lipinski definition) is 2. The molecule has 0 unspecified atom stereocenters. The Bertz CT molecular complexity index is 1190. The molecule has 9 nitrogen and oxygen atoms in total. The van der Waals surface area contributed by atoms with E-state index < -0.39 is 12.0 Å². The topological polar surface area (TPSA) is 103 Å². The predicted octanol–water partition coefficient (Wildman–Crippen LogP) is 3.09. The van der Waals surface area contributed by atoms with Gasteiger partial charge in [-0.05, 0) is 32.4 Å². The number of aryl methyl sites for hydroxylation is 1. The molecule has 0 aliphatic carbocycles. The SMILES string of the molecule is Cn1cc(-c2cccc(-c3ncc(-c4cnn(CCN[C@H](O)OC(C)(C)C)c4)cn3)c2)cn1. The fourth-order valence-electron chi connectivity index (χ4n) is 3.35. The molecular formula is C24H29N7O2. The van der Waals surface area contributed by atoms with E-state index >= 15 is 0 Å². The summed E-state index contributed by atoms with van der Waals surface area (Å²) in [6.07, 6.45) is 10.1. The van der Waals surface area contributed by atoms with E-state index in [0.717, 1.165) is 27.8 Å². The van der Waals surface area contributed by atoms with E-state index in [1.807, 2.05) is 64.6 Å². The normalized spacial score (nSPS) is 12.8. The van der Waals surface area contributed by atoms with E-state index in [0.29, 0.717) is 18.9 Å². The van der Waals surface area contributed by atoms with Crippen molar-refractivity contribution >= 4 is 0 Å². The molecule has 4 aromatic rings. The van der Waals surface area contributed by atoms with Crippen LogP contribution >= 0.6 is 0 Å². The van der Waals surface area contributed by atoms with Crippen molar-refractivity contribution in [2.24, 2.45) is 7.05 Å². The summed E-state index contributed by atoms with van der Waals surface area (Å²) in [4.78, 5) is 9.13. The number of ether oxygens (including phenoxy) is 1. The molecule has 0 aliphatic heterocycles. The van der Waals surface area contributed by atoms with Crippen LogP contribution in [0.5, 0.6) is 0 Å². The molecule has 33 heavy (non-hydrogen) atoms. The van der Waals surface area contributed by atoms with Gasteiger partial charge in [-0.1, -0.05) is 18.2 Å². The summed E-state index contributed by atoms with van der Waals surface area (Å²) in [5.41, 5.74) is 4.46. The Morgan fingerprint density at radius 2 is 1.64 bits per heavy atom. The molecule has 0 fully saturated rings. The third kappa shape index (κ3) is 6.10. The maximum absolute atomic E-state index is 9.87. The number of rotatable bonds is 8. The Balaban J connectivity index is 1.39. The number of aromatic nitrogens is 6. The van der Waals surface area contributed by atoms with Crippen molar-refractivity contribution in [2.45, 2.75) is 39.3 Å². The van der Waals surface area contributed by atoms with E-state index in [2.05, 4.69) is 31.5 Å². The Morgan fingerprint density at radius 3 is 2.33 bits per heavy atom. The molecule has 0 bridgehead atoms. The van der Waals surface area contributed by atoms with Crippen LogP contribution in [0.25, 0.3) is 33.6 Å². The van der Waals surface area contributed by atoms with E-state index in [1.54, 1.807) is 28.0 Å². The summed E-state index contributed by atoms with van der Waals surface area (Å²) >= 11 is 0. The smallest absolute Gasteiger partial charge is 0.214 e. The number of nitrogens with one attached hydrogen (secondary N) is 1. The molecule has 3 heterocycles. The van der Waals surface area contributed by atoms with Gasteiger partial charge < -0.3 is 9.84 Å². The van der Waals surface area contributed by atoms with Gasteiger partial charge in [-0.3, -0.25) is 14.7 Å². The zero-order chi connectivity index (χ0) is 23.4. The molecule has 0 spiro atoms. The molecule has 172 valence electrons. The molecule has 1 aromatic carbocycles. The van der Waals surface area contributed by atoms with E-state index in [-0.39, 0.29) is 0 Å². The highest BCUT2D eigenvalue weighted by molar-refractivity contribution is 5.70. The number of hydrogen-bond acceptors (Lipinski definition) is 7. The third-order valence-corrected chi connectivity index (χ3v) is 4.90. The van der Waals surface area contributed by atoms with Crippen molar-refractivity contribution in [1.29, 1.82) is 0 Å². The first-order valence-electron chi connectivity index (χ1n) is 10.8. The highest BCUT2D eigenvalue weighted by atomic mass is 16.6. The standard InChI is InChI=1S/C24H29N7O2/c1-24(2,3)33-23(32)25-8-9-31-16-21(14-29-31)19-11-26-22(27-12-19)18-7-5-6-17(10-18)20-13-28-30(4)15-20/h5-7,10-16,23,25,32H,8-9H2,1-4H3/t23-/m1/s1. The minimum Gasteiger partial charge on any atom is -0.356 e. The van der Waals surface area contributed by atoms with Crippen LogP contribution in [0.15, 0.2) is 61.4 Å². The third-order valence-electron chi connectivity index (χ3n) is 4.90. The van der Waals surface area contributed by atoms with Crippen LogP contribution in [0.4, 0.5) is 0 Å². The number of aliphatic hydroxyl groups excluding tert-OH is 1. The molecule has 1 atom stereocenters. The van der Waals surface area contributed by atoms with Gasteiger partial charge in [0.05, 0.1) is 24.5 Å². The molecule has 4 rings (SSSR count). The molecule has 3 aromatic heterocycles. The van der Waals surface area contributed by atoms with Crippen LogP contribution in [0.2, 0.25) is 0 Å². The van der Waals surface area contributed by atoms with Crippen molar-refractivity contribution in [2.75, 3.05) is 6.54 Å². The van der Waals surface area contributed by atoms with Gasteiger partial charge >= 0.3 is 0 Å². The molecule has 0 amide bonds. The Morgan fingerprint density at radius 1 is 0.939 bits per heavy atom. The average molecular weight is 448 g/mol. The molecule has 0 aliphatic rings. The Kier molecular flexibility index (Phi) is 6.64. The maximum atomic E-state index is 9.87. The second-order valence-corrected chi connectivity index (χ2v) is 8.81. The number of nitrogens with zero attached hydrogens (tertiary/aromatic N) is 6. The van der Waals surface area contributed by atoms with Crippen molar-refractivity contribution in [3.05, 3.63) is 61.4 Å². The van der Waals surface area contributed by atoms with E-state index in [1.165, 1.54) is 0 Å². The van der Waals surface area contributed by atoms with Gasteiger partial charge in [0, 0.05) is 60.6 Å². The molecule has 0 radical (unpaired) electrons. The van der Waals surface area contributed by atoms with Crippen LogP contribution in [0, 0.1) is 0 Å². The summed E-state index contributed by atoms with van der Waals surface area (Å²) < 4.78 is 9.01. The maximum Gasteiger partial charge on any atom is 0.214 e. The zero-order valence-electron chi connectivity index (χ0n) is 19.3.